The number of hydrogen-bond donors (Lipinski definition) is 2. The minimum Gasteiger partial charge on any atom is -0.492 e. The van der Waals surface area contributed by atoms with Gasteiger partial charge in [0.05, 0.1) is 36.3 Å². The van der Waals surface area contributed by atoms with Crippen molar-refractivity contribution in [2.75, 3.05) is 11.9 Å². The molecule has 0 spiro atoms. The molecule has 0 unspecified atom stereocenters. The predicted molar refractivity (Wildman–Crippen MR) is 98.5 cm³/mol. The van der Waals surface area contributed by atoms with E-state index in [0.29, 0.717) is 41.0 Å². The van der Waals surface area contributed by atoms with Gasteiger partial charge in [-0.15, -0.1) is 0 Å². The summed E-state index contributed by atoms with van der Waals surface area (Å²) in [5, 5.41) is 14.3. The number of aromatic nitrogens is 5. The molecule has 3 aromatic rings. The first kappa shape index (κ1) is 17.2. The Bertz CT molecular complexity index is 991. The lowest BCUT2D eigenvalue weighted by Crippen LogP contribution is -2.35. The zero-order valence-electron chi connectivity index (χ0n) is 14.4. The average molecular weight is 386 g/mol. The largest absolute Gasteiger partial charge is 0.492 e. The number of carbonyl (C=O) groups is 1. The van der Waals surface area contributed by atoms with Crippen LogP contribution in [0, 0.1) is 0 Å². The van der Waals surface area contributed by atoms with Gasteiger partial charge in [0, 0.05) is 19.0 Å². The van der Waals surface area contributed by atoms with Crippen molar-refractivity contribution in [3.63, 3.8) is 0 Å². The molecule has 0 fully saturated rings. The van der Waals surface area contributed by atoms with E-state index in [1.165, 1.54) is 11.0 Å². The van der Waals surface area contributed by atoms with Crippen LogP contribution >= 0.6 is 11.6 Å². The van der Waals surface area contributed by atoms with Crippen molar-refractivity contribution in [1.82, 2.24) is 30.3 Å². The topological polar surface area (TPSA) is 107 Å². The van der Waals surface area contributed by atoms with Crippen LogP contribution in [0.15, 0.2) is 36.8 Å². The summed E-state index contributed by atoms with van der Waals surface area (Å²) in [5.41, 5.74) is 1.94. The Labute approximate surface area is 159 Å². The first-order chi connectivity index (χ1) is 13.1. The Hall–Kier alpha value is -3.20. The van der Waals surface area contributed by atoms with Gasteiger partial charge in [-0.1, -0.05) is 23.7 Å². The molecule has 2 amide bonds. The Balaban J connectivity index is 1.47. The highest BCUT2D eigenvalue weighted by atomic mass is 35.5. The van der Waals surface area contributed by atoms with Gasteiger partial charge in [0.25, 0.3) is 0 Å². The summed E-state index contributed by atoms with van der Waals surface area (Å²) in [4.78, 5) is 22.3. The average Bonchev–Trinajstić information content (AvgIpc) is 3.09. The number of anilines is 1. The molecule has 0 saturated heterocycles. The molecule has 27 heavy (non-hydrogen) atoms. The maximum atomic E-state index is 12.4. The number of hydrogen-bond acceptors (Lipinski definition) is 6. The standard InChI is InChI=1S/C17H16ClN7O2/c1-25-20-8-14(24-25)13-7-19-9-15(21-13)23-17(26)22-12-5-6-27-16-10(12)3-2-4-11(16)18/h2-4,7-9,12H,5-6H2,1H3,(H2,21,22,23,26)/t12-/m0/s1. The highest BCUT2D eigenvalue weighted by Crippen LogP contribution is 2.37. The summed E-state index contributed by atoms with van der Waals surface area (Å²) in [7, 11) is 1.71. The van der Waals surface area contributed by atoms with Gasteiger partial charge in [0.15, 0.2) is 5.82 Å². The lowest BCUT2D eigenvalue weighted by Gasteiger charge is -2.27. The predicted octanol–water partition coefficient (Wildman–Crippen LogP) is 2.57. The van der Waals surface area contributed by atoms with Crippen LogP contribution in [0.25, 0.3) is 11.4 Å². The lowest BCUT2D eigenvalue weighted by molar-refractivity contribution is 0.232. The van der Waals surface area contributed by atoms with Gasteiger partial charge < -0.3 is 10.1 Å². The van der Waals surface area contributed by atoms with E-state index in [9.17, 15) is 4.79 Å². The third kappa shape index (κ3) is 3.68. The van der Waals surface area contributed by atoms with Crippen LogP contribution in [0.1, 0.15) is 18.0 Å². The van der Waals surface area contributed by atoms with E-state index >= 15 is 0 Å². The highest BCUT2D eigenvalue weighted by Gasteiger charge is 2.24. The molecular formula is C17H16ClN7O2. The van der Waals surface area contributed by atoms with E-state index in [0.717, 1.165) is 5.56 Å². The van der Waals surface area contributed by atoms with Crippen LogP contribution < -0.4 is 15.4 Å². The monoisotopic (exact) mass is 385 g/mol. The zero-order chi connectivity index (χ0) is 18.8. The number of halogens is 1. The summed E-state index contributed by atoms with van der Waals surface area (Å²) in [5.74, 6) is 0.925. The fourth-order valence-corrected chi connectivity index (χ4v) is 3.10. The van der Waals surface area contributed by atoms with Crippen molar-refractivity contribution >= 4 is 23.4 Å². The molecule has 10 heteroatoms. The third-order valence-corrected chi connectivity index (χ3v) is 4.37. The van der Waals surface area contributed by atoms with E-state index < -0.39 is 6.03 Å². The molecule has 1 atom stereocenters. The second-order valence-corrected chi connectivity index (χ2v) is 6.36. The second-order valence-electron chi connectivity index (χ2n) is 5.96. The summed E-state index contributed by atoms with van der Waals surface area (Å²) in [6.07, 6.45) is 5.25. The number of fused-ring (bicyclic) bond motifs is 1. The molecule has 0 aliphatic carbocycles. The number of benzene rings is 1. The van der Waals surface area contributed by atoms with Crippen LogP contribution in [0.4, 0.5) is 10.6 Å². The molecule has 1 aliphatic heterocycles. The molecule has 0 radical (unpaired) electrons. The van der Waals surface area contributed by atoms with E-state index in [4.69, 9.17) is 16.3 Å². The molecule has 0 saturated carbocycles. The quantitative estimate of drug-likeness (QED) is 0.717. The second kappa shape index (κ2) is 7.20. The zero-order valence-corrected chi connectivity index (χ0v) is 15.1. The van der Waals surface area contributed by atoms with Gasteiger partial charge in [0.1, 0.15) is 17.1 Å². The fraction of sp³-hybridized carbons (Fsp3) is 0.235. The number of amides is 2. The van der Waals surface area contributed by atoms with Crippen molar-refractivity contribution in [2.45, 2.75) is 12.5 Å². The Morgan fingerprint density at radius 3 is 3.00 bits per heavy atom. The molecule has 1 aromatic carbocycles. The van der Waals surface area contributed by atoms with Crippen molar-refractivity contribution in [2.24, 2.45) is 7.05 Å². The smallest absolute Gasteiger partial charge is 0.320 e. The van der Waals surface area contributed by atoms with Crippen molar-refractivity contribution in [1.29, 1.82) is 0 Å². The molecule has 1 aliphatic rings. The summed E-state index contributed by atoms with van der Waals surface area (Å²) < 4.78 is 5.61. The molecule has 9 nitrogen and oxygen atoms in total. The van der Waals surface area contributed by atoms with Gasteiger partial charge in [-0.3, -0.25) is 10.3 Å². The van der Waals surface area contributed by atoms with E-state index in [1.807, 2.05) is 12.1 Å². The summed E-state index contributed by atoms with van der Waals surface area (Å²) in [6, 6.07) is 4.89. The SMILES string of the molecule is Cn1ncc(-c2cncc(NC(=O)N[C@H]3CCOc4c(Cl)cccc43)n2)n1. The first-order valence-electron chi connectivity index (χ1n) is 8.27. The van der Waals surface area contributed by atoms with Crippen molar-refractivity contribution in [3.8, 4) is 17.1 Å². The molecule has 0 bridgehead atoms. The van der Waals surface area contributed by atoms with Crippen LogP contribution in [-0.4, -0.2) is 37.6 Å². The number of urea groups is 1. The minimum absolute atomic E-state index is 0.205. The normalized spacial score (nSPS) is 15.6. The van der Waals surface area contributed by atoms with Gasteiger partial charge >= 0.3 is 6.03 Å². The van der Waals surface area contributed by atoms with E-state index in [2.05, 4.69) is 30.8 Å². The number of para-hydroxylation sites is 1. The molecule has 2 N–H and O–H groups in total. The summed E-state index contributed by atoms with van der Waals surface area (Å²) in [6.45, 7) is 0.476. The first-order valence-corrected chi connectivity index (χ1v) is 8.65. The maximum absolute atomic E-state index is 12.4. The minimum atomic E-state index is -0.390. The van der Waals surface area contributed by atoms with Gasteiger partial charge in [-0.05, 0) is 6.07 Å². The Morgan fingerprint density at radius 2 is 2.19 bits per heavy atom. The van der Waals surface area contributed by atoms with Crippen LogP contribution in [0.5, 0.6) is 5.75 Å². The molecule has 3 heterocycles. The Morgan fingerprint density at radius 1 is 1.30 bits per heavy atom. The van der Waals surface area contributed by atoms with Crippen LogP contribution in [-0.2, 0) is 7.05 Å². The van der Waals surface area contributed by atoms with Gasteiger partial charge in [-0.2, -0.15) is 15.0 Å². The van der Waals surface area contributed by atoms with E-state index in [1.54, 1.807) is 25.5 Å². The number of carbonyl (C=O) groups excluding carboxylic acids is 1. The number of rotatable bonds is 3. The highest BCUT2D eigenvalue weighted by molar-refractivity contribution is 6.32. The molecule has 2 aromatic heterocycles. The van der Waals surface area contributed by atoms with Crippen LogP contribution in [0.2, 0.25) is 5.02 Å². The lowest BCUT2D eigenvalue weighted by atomic mass is 10.0. The fourth-order valence-electron chi connectivity index (χ4n) is 2.86. The maximum Gasteiger partial charge on any atom is 0.320 e. The molecule has 138 valence electrons. The molecule has 4 rings (SSSR count). The number of nitrogens with one attached hydrogen (secondary N) is 2. The van der Waals surface area contributed by atoms with Crippen LogP contribution in [0.3, 0.4) is 0 Å². The molecular weight excluding hydrogens is 370 g/mol. The van der Waals surface area contributed by atoms with Gasteiger partial charge in [0.2, 0.25) is 0 Å². The van der Waals surface area contributed by atoms with Gasteiger partial charge in [-0.25, -0.2) is 9.78 Å². The Kier molecular flexibility index (Phi) is 4.59. The number of nitrogens with zero attached hydrogens (tertiary/aromatic N) is 5. The number of ether oxygens (including phenoxy) is 1. The van der Waals surface area contributed by atoms with E-state index in [-0.39, 0.29) is 6.04 Å². The summed E-state index contributed by atoms with van der Waals surface area (Å²) >= 11 is 6.17. The number of aryl methyl sites for hydroxylation is 1. The third-order valence-electron chi connectivity index (χ3n) is 4.07. The van der Waals surface area contributed by atoms with Crippen molar-refractivity contribution in [3.05, 3.63) is 47.4 Å². The van der Waals surface area contributed by atoms with Crippen molar-refractivity contribution < 1.29 is 9.53 Å².